The molecule has 3 fully saturated rings. The second-order valence-corrected chi connectivity index (χ2v) is 10.7. The Morgan fingerprint density at radius 3 is 2.41 bits per heavy atom. The number of ether oxygens (including phenoxy) is 6. The molecule has 3 saturated heterocycles. The Kier molecular flexibility index (Phi) is 5.93. The molecule has 3 aliphatic heterocycles. The average molecular weight is 451 g/mol. The summed E-state index contributed by atoms with van der Waals surface area (Å²) in [4.78, 5) is 11.5. The lowest BCUT2D eigenvalue weighted by Gasteiger charge is -2.29. The molecule has 8 heteroatoms. The molecule has 0 bridgehead atoms. The van der Waals surface area contributed by atoms with Crippen LogP contribution in [-0.4, -0.2) is 60.3 Å². The fourth-order valence-electron chi connectivity index (χ4n) is 4.53. The molecule has 0 aliphatic carbocycles. The molecule has 1 N–H and O–H groups in total. The first-order valence-corrected chi connectivity index (χ1v) is 11.1. The largest absolute Gasteiger partial charge is 0.507 e. The van der Waals surface area contributed by atoms with Gasteiger partial charge in [0, 0.05) is 5.56 Å². The minimum atomic E-state index is -0.781. The molecule has 0 spiro atoms. The number of aromatic hydroxyl groups is 1. The average Bonchev–Trinajstić information content (AvgIpc) is 3.28. The smallest absolute Gasteiger partial charge is 0.190 e. The molecule has 4 rings (SSSR count). The number of carbonyl (C=O) groups is 1. The van der Waals surface area contributed by atoms with Crippen LogP contribution in [0.3, 0.4) is 0 Å². The molecule has 5 atom stereocenters. The predicted octanol–water partition coefficient (Wildman–Crippen LogP) is 3.42. The molecule has 1 aromatic carbocycles. The molecule has 3 heterocycles. The fourth-order valence-corrected chi connectivity index (χ4v) is 4.53. The third-order valence-corrected chi connectivity index (χ3v) is 6.00. The van der Waals surface area contributed by atoms with E-state index in [1.54, 1.807) is 6.07 Å². The highest BCUT2D eigenvalue weighted by atomic mass is 16.8. The molecular formula is C24H34O8. The van der Waals surface area contributed by atoms with Gasteiger partial charge in [-0.2, -0.15) is 0 Å². The van der Waals surface area contributed by atoms with Crippen molar-refractivity contribution < 1.29 is 38.3 Å². The zero-order chi connectivity index (χ0) is 23.5. The van der Waals surface area contributed by atoms with Gasteiger partial charge in [0.15, 0.2) is 24.2 Å². The van der Waals surface area contributed by atoms with Crippen molar-refractivity contribution in [3.05, 3.63) is 28.8 Å². The van der Waals surface area contributed by atoms with Gasteiger partial charge in [-0.05, 0) is 50.8 Å². The Bertz CT molecular complexity index is 871. The van der Waals surface area contributed by atoms with Crippen LogP contribution in [-0.2, 0) is 40.4 Å². The Hall–Kier alpha value is -1.55. The highest BCUT2D eigenvalue weighted by molar-refractivity contribution is 5.80. The lowest BCUT2D eigenvalue weighted by Crippen LogP contribution is -2.44. The Labute approximate surface area is 189 Å². The first-order valence-electron chi connectivity index (χ1n) is 11.1. The number of phenols is 1. The van der Waals surface area contributed by atoms with Crippen molar-refractivity contribution in [3.8, 4) is 5.75 Å². The first-order chi connectivity index (χ1) is 14.8. The third kappa shape index (κ3) is 4.58. The van der Waals surface area contributed by atoms with E-state index in [0.29, 0.717) is 18.5 Å². The van der Waals surface area contributed by atoms with Gasteiger partial charge in [-0.15, -0.1) is 0 Å². The highest BCUT2D eigenvalue weighted by Gasteiger charge is 2.58. The first kappa shape index (κ1) is 23.6. The number of hydrogen-bond acceptors (Lipinski definition) is 8. The topological polar surface area (TPSA) is 92.7 Å². The normalized spacial score (nSPS) is 33.4. The zero-order valence-electron chi connectivity index (χ0n) is 19.8. The number of phenolic OH excluding ortho intramolecular Hbond substituents is 1. The second kappa shape index (κ2) is 8.04. The van der Waals surface area contributed by atoms with Crippen LogP contribution in [0.2, 0.25) is 0 Å². The number of fused-ring (bicyclic) bond motifs is 1. The molecule has 0 saturated carbocycles. The van der Waals surface area contributed by atoms with Crippen LogP contribution in [0.1, 0.15) is 70.0 Å². The van der Waals surface area contributed by atoms with Crippen molar-refractivity contribution >= 4 is 6.29 Å². The van der Waals surface area contributed by atoms with E-state index in [4.69, 9.17) is 28.4 Å². The summed E-state index contributed by atoms with van der Waals surface area (Å²) in [5, 5.41) is 10.5. The molecule has 178 valence electrons. The summed E-state index contributed by atoms with van der Waals surface area (Å²) in [5.41, 5.74) is 1.37. The van der Waals surface area contributed by atoms with Crippen LogP contribution in [0.5, 0.6) is 5.75 Å². The lowest BCUT2D eigenvalue weighted by molar-refractivity contribution is -0.236. The van der Waals surface area contributed by atoms with Crippen molar-refractivity contribution in [2.24, 2.45) is 0 Å². The van der Waals surface area contributed by atoms with E-state index in [9.17, 15) is 9.90 Å². The number of aldehydes is 1. The molecule has 8 nitrogen and oxygen atoms in total. The molecule has 32 heavy (non-hydrogen) atoms. The van der Waals surface area contributed by atoms with Gasteiger partial charge in [-0.25, -0.2) is 0 Å². The van der Waals surface area contributed by atoms with Gasteiger partial charge in [0.05, 0.1) is 18.8 Å². The molecule has 1 aromatic rings. The number of carbonyl (C=O) groups excluding carboxylic acids is 1. The highest BCUT2D eigenvalue weighted by Crippen LogP contribution is 2.42. The monoisotopic (exact) mass is 450 g/mol. The molecule has 3 aliphatic rings. The van der Waals surface area contributed by atoms with Crippen LogP contribution < -0.4 is 0 Å². The standard InChI is InChI=1S/C24H34O8/c1-22(2,3)15-9-13(8-14(10-25)17(15)26)11-27-19-18(16-12-28-23(4,5)30-16)29-21-20(19)31-24(6,7)32-21/h8-10,16,18-21,26H,11-12H2,1-7H3/t16-,18-,19+,20-,21-/m1/s1. The number of hydrogen-bond donors (Lipinski definition) is 1. The van der Waals surface area contributed by atoms with Crippen molar-refractivity contribution in [2.45, 2.75) is 103 Å². The van der Waals surface area contributed by atoms with E-state index in [-0.39, 0.29) is 29.4 Å². The molecular weight excluding hydrogens is 416 g/mol. The van der Waals surface area contributed by atoms with E-state index in [0.717, 1.165) is 5.56 Å². The van der Waals surface area contributed by atoms with Gasteiger partial charge in [0.1, 0.15) is 30.2 Å². The van der Waals surface area contributed by atoms with Crippen LogP contribution in [0.15, 0.2) is 12.1 Å². The van der Waals surface area contributed by atoms with Crippen LogP contribution in [0.4, 0.5) is 0 Å². The van der Waals surface area contributed by atoms with Crippen molar-refractivity contribution in [1.82, 2.24) is 0 Å². The van der Waals surface area contributed by atoms with Crippen LogP contribution in [0, 0.1) is 0 Å². The second-order valence-electron chi connectivity index (χ2n) is 10.7. The third-order valence-electron chi connectivity index (χ3n) is 6.00. The number of benzene rings is 1. The van der Waals surface area contributed by atoms with Crippen molar-refractivity contribution in [1.29, 1.82) is 0 Å². The summed E-state index contributed by atoms with van der Waals surface area (Å²) in [6.07, 6.45) is -1.56. The van der Waals surface area contributed by atoms with E-state index in [1.807, 2.05) is 54.5 Å². The maximum atomic E-state index is 11.5. The van der Waals surface area contributed by atoms with Gasteiger partial charge < -0.3 is 33.5 Å². The van der Waals surface area contributed by atoms with Gasteiger partial charge >= 0.3 is 0 Å². The fraction of sp³-hybridized carbons (Fsp3) is 0.708. The minimum Gasteiger partial charge on any atom is -0.507 e. The lowest BCUT2D eigenvalue weighted by atomic mass is 9.84. The molecule has 0 amide bonds. The number of rotatable bonds is 5. The Morgan fingerprint density at radius 2 is 1.81 bits per heavy atom. The van der Waals surface area contributed by atoms with Gasteiger partial charge in [0.25, 0.3) is 0 Å². The van der Waals surface area contributed by atoms with Gasteiger partial charge in [-0.3, -0.25) is 4.79 Å². The maximum absolute atomic E-state index is 11.5. The zero-order valence-corrected chi connectivity index (χ0v) is 19.8. The summed E-state index contributed by atoms with van der Waals surface area (Å²) in [6, 6.07) is 3.52. The summed E-state index contributed by atoms with van der Waals surface area (Å²) in [6.45, 7) is 13.9. The molecule has 0 aromatic heterocycles. The quantitative estimate of drug-likeness (QED) is 0.683. The van der Waals surface area contributed by atoms with E-state index < -0.39 is 36.2 Å². The van der Waals surface area contributed by atoms with Crippen molar-refractivity contribution in [3.63, 3.8) is 0 Å². The predicted molar refractivity (Wildman–Crippen MR) is 114 cm³/mol. The maximum Gasteiger partial charge on any atom is 0.190 e. The van der Waals surface area contributed by atoms with Gasteiger partial charge in [0.2, 0.25) is 0 Å². The van der Waals surface area contributed by atoms with Gasteiger partial charge in [-0.1, -0.05) is 20.8 Å². The summed E-state index contributed by atoms with van der Waals surface area (Å²) in [7, 11) is 0. The summed E-state index contributed by atoms with van der Waals surface area (Å²) < 4.78 is 36.3. The summed E-state index contributed by atoms with van der Waals surface area (Å²) >= 11 is 0. The van der Waals surface area contributed by atoms with E-state index in [1.165, 1.54) is 0 Å². The Balaban J connectivity index is 1.57. The summed E-state index contributed by atoms with van der Waals surface area (Å²) in [5.74, 6) is -1.47. The van der Waals surface area contributed by atoms with Crippen LogP contribution >= 0.6 is 0 Å². The molecule has 0 unspecified atom stereocenters. The Morgan fingerprint density at radius 1 is 1.09 bits per heavy atom. The van der Waals surface area contributed by atoms with Crippen molar-refractivity contribution in [2.75, 3.05) is 6.61 Å². The SMILES string of the molecule is CC1(C)O[C@H]2O[C@H]([C@H]3COC(C)(C)O3)[C@H](OCc3cc(C=O)c(O)c(C(C)(C)C)c3)[C@H]2O1. The van der Waals surface area contributed by atoms with E-state index in [2.05, 4.69) is 0 Å². The van der Waals surface area contributed by atoms with Crippen LogP contribution in [0.25, 0.3) is 0 Å². The minimum absolute atomic E-state index is 0.00593. The van der Waals surface area contributed by atoms with E-state index >= 15 is 0 Å². The molecule has 0 radical (unpaired) electrons.